The van der Waals surface area contributed by atoms with Gasteiger partial charge in [-0.2, -0.15) is 13.9 Å². The topological polar surface area (TPSA) is 43.8 Å². The first-order chi connectivity index (χ1) is 5.11. The van der Waals surface area contributed by atoms with Crippen molar-refractivity contribution in [1.29, 1.82) is 0 Å². The third kappa shape index (κ3) is 1.74. The first-order valence-corrected chi connectivity index (χ1v) is 3.19. The second-order valence-electron chi connectivity index (χ2n) is 2.32. The highest BCUT2D eigenvalue weighted by atomic mass is 19.3. The minimum Gasteiger partial charge on any atom is -0.324 e. The monoisotopic (exact) mass is 161 g/mol. The average molecular weight is 161 g/mol. The Labute approximate surface area is 62.8 Å². The quantitative estimate of drug-likeness (QED) is 0.710. The minimum absolute atomic E-state index is 0.248. The van der Waals surface area contributed by atoms with Gasteiger partial charge in [0, 0.05) is 17.8 Å². The van der Waals surface area contributed by atoms with E-state index in [0.717, 1.165) is 0 Å². The summed E-state index contributed by atoms with van der Waals surface area (Å²) in [5.74, 6) is 0. The van der Waals surface area contributed by atoms with Crippen molar-refractivity contribution in [2.45, 2.75) is 19.5 Å². The Morgan fingerprint density at radius 3 is 2.55 bits per heavy atom. The molecule has 0 amide bonds. The van der Waals surface area contributed by atoms with E-state index < -0.39 is 6.55 Å². The van der Waals surface area contributed by atoms with E-state index in [1.165, 1.54) is 12.4 Å². The normalized spacial score (nSPS) is 13.9. The molecule has 62 valence electrons. The van der Waals surface area contributed by atoms with E-state index in [4.69, 9.17) is 5.73 Å². The van der Waals surface area contributed by atoms with Gasteiger partial charge in [-0.3, -0.25) is 0 Å². The van der Waals surface area contributed by atoms with Gasteiger partial charge in [0.1, 0.15) is 0 Å². The zero-order valence-corrected chi connectivity index (χ0v) is 6.04. The number of hydrogen-bond acceptors (Lipinski definition) is 2. The van der Waals surface area contributed by atoms with Gasteiger partial charge in [0.25, 0.3) is 0 Å². The maximum atomic E-state index is 11.9. The van der Waals surface area contributed by atoms with Crippen LogP contribution in [0.1, 0.15) is 25.1 Å². The predicted molar refractivity (Wildman–Crippen MR) is 36.1 cm³/mol. The van der Waals surface area contributed by atoms with Gasteiger partial charge in [-0.15, -0.1) is 0 Å². The van der Waals surface area contributed by atoms with Gasteiger partial charge >= 0.3 is 6.55 Å². The molecule has 2 N–H and O–H groups in total. The van der Waals surface area contributed by atoms with Gasteiger partial charge in [-0.25, -0.2) is 4.68 Å². The molecule has 1 aromatic rings. The van der Waals surface area contributed by atoms with E-state index in [1.54, 1.807) is 6.92 Å². The fraction of sp³-hybridized carbons (Fsp3) is 0.500. The Bertz CT molecular complexity index is 209. The lowest BCUT2D eigenvalue weighted by Crippen LogP contribution is -2.03. The molecule has 0 aliphatic carbocycles. The van der Waals surface area contributed by atoms with Crippen LogP contribution < -0.4 is 5.73 Å². The number of aromatic nitrogens is 2. The van der Waals surface area contributed by atoms with Crippen molar-refractivity contribution in [1.82, 2.24) is 9.78 Å². The van der Waals surface area contributed by atoms with E-state index in [-0.39, 0.29) is 6.04 Å². The first-order valence-electron chi connectivity index (χ1n) is 3.19. The molecular weight excluding hydrogens is 152 g/mol. The van der Waals surface area contributed by atoms with Gasteiger partial charge in [0.05, 0.1) is 6.20 Å². The number of nitrogens with zero attached hydrogens (tertiary/aromatic N) is 2. The van der Waals surface area contributed by atoms with Crippen molar-refractivity contribution >= 4 is 0 Å². The third-order valence-electron chi connectivity index (χ3n) is 1.35. The third-order valence-corrected chi connectivity index (χ3v) is 1.35. The van der Waals surface area contributed by atoms with Crippen molar-refractivity contribution < 1.29 is 8.78 Å². The molecule has 0 bridgehead atoms. The van der Waals surface area contributed by atoms with Gasteiger partial charge in [0.15, 0.2) is 0 Å². The summed E-state index contributed by atoms with van der Waals surface area (Å²) in [6.45, 7) is -0.866. The predicted octanol–water partition coefficient (Wildman–Crippen LogP) is 1.30. The molecule has 5 heteroatoms. The molecule has 0 aliphatic heterocycles. The van der Waals surface area contributed by atoms with Gasteiger partial charge < -0.3 is 5.73 Å². The lowest BCUT2D eigenvalue weighted by Gasteiger charge is -1.98. The van der Waals surface area contributed by atoms with Crippen molar-refractivity contribution in [2.24, 2.45) is 5.73 Å². The van der Waals surface area contributed by atoms with E-state index in [0.29, 0.717) is 10.2 Å². The molecule has 0 unspecified atom stereocenters. The SMILES string of the molecule is C[C@@H](N)c1cnn(C(F)F)c1. The van der Waals surface area contributed by atoms with E-state index in [1.807, 2.05) is 0 Å². The molecule has 11 heavy (non-hydrogen) atoms. The Kier molecular flexibility index (Phi) is 2.19. The van der Waals surface area contributed by atoms with Gasteiger partial charge in [0.2, 0.25) is 0 Å². The lowest BCUT2D eigenvalue weighted by molar-refractivity contribution is 0.0565. The second-order valence-corrected chi connectivity index (χ2v) is 2.32. The van der Waals surface area contributed by atoms with Crippen LogP contribution in [0.3, 0.4) is 0 Å². The van der Waals surface area contributed by atoms with Crippen LogP contribution in [0, 0.1) is 0 Å². The van der Waals surface area contributed by atoms with Crippen LogP contribution in [0.4, 0.5) is 8.78 Å². The number of hydrogen-bond donors (Lipinski definition) is 1. The molecule has 0 saturated carbocycles. The minimum atomic E-state index is -2.58. The Morgan fingerprint density at radius 1 is 1.64 bits per heavy atom. The highest BCUT2D eigenvalue weighted by Crippen LogP contribution is 2.12. The highest BCUT2D eigenvalue weighted by molar-refractivity contribution is 5.08. The molecule has 1 rings (SSSR count). The fourth-order valence-electron chi connectivity index (χ4n) is 0.695. The summed E-state index contributed by atoms with van der Waals surface area (Å²) in [7, 11) is 0. The Balaban J connectivity index is 2.82. The number of alkyl halides is 2. The largest absolute Gasteiger partial charge is 0.333 e. The Hall–Kier alpha value is -0.970. The molecular formula is C6H9F2N3. The summed E-state index contributed by atoms with van der Waals surface area (Å²) >= 11 is 0. The van der Waals surface area contributed by atoms with Crippen LogP contribution in [0.2, 0.25) is 0 Å². The lowest BCUT2D eigenvalue weighted by atomic mass is 10.2. The van der Waals surface area contributed by atoms with E-state index in [2.05, 4.69) is 5.10 Å². The molecule has 1 atom stereocenters. The zero-order chi connectivity index (χ0) is 8.43. The fourth-order valence-corrected chi connectivity index (χ4v) is 0.695. The molecule has 0 aromatic carbocycles. The van der Waals surface area contributed by atoms with Crippen molar-refractivity contribution in [3.8, 4) is 0 Å². The van der Waals surface area contributed by atoms with Crippen LogP contribution in [0.25, 0.3) is 0 Å². The molecule has 0 spiro atoms. The summed E-state index contributed by atoms with van der Waals surface area (Å²) in [5.41, 5.74) is 6.04. The van der Waals surface area contributed by atoms with Crippen LogP contribution in [0.15, 0.2) is 12.4 Å². The molecule has 0 fully saturated rings. The highest BCUT2D eigenvalue weighted by Gasteiger charge is 2.08. The molecule has 3 nitrogen and oxygen atoms in total. The number of halogens is 2. The van der Waals surface area contributed by atoms with Crippen LogP contribution in [-0.4, -0.2) is 9.78 Å². The van der Waals surface area contributed by atoms with Gasteiger partial charge in [-0.05, 0) is 6.92 Å². The van der Waals surface area contributed by atoms with Crippen LogP contribution in [0.5, 0.6) is 0 Å². The smallest absolute Gasteiger partial charge is 0.324 e. The summed E-state index contributed by atoms with van der Waals surface area (Å²) in [4.78, 5) is 0. The summed E-state index contributed by atoms with van der Waals surface area (Å²) in [6.07, 6.45) is 2.59. The first kappa shape index (κ1) is 8.13. The maximum Gasteiger partial charge on any atom is 0.333 e. The van der Waals surface area contributed by atoms with Gasteiger partial charge in [-0.1, -0.05) is 0 Å². The summed E-state index contributed by atoms with van der Waals surface area (Å²) in [5, 5.41) is 3.42. The molecule has 0 aliphatic rings. The standard InChI is InChI=1S/C6H9F2N3/c1-4(9)5-2-10-11(3-5)6(7)8/h2-4,6H,9H2,1H3/t4-/m1/s1. The van der Waals surface area contributed by atoms with Crippen molar-refractivity contribution in [3.63, 3.8) is 0 Å². The van der Waals surface area contributed by atoms with E-state index in [9.17, 15) is 8.78 Å². The second kappa shape index (κ2) is 2.96. The Morgan fingerprint density at radius 2 is 2.27 bits per heavy atom. The van der Waals surface area contributed by atoms with Crippen molar-refractivity contribution in [2.75, 3.05) is 0 Å². The van der Waals surface area contributed by atoms with E-state index >= 15 is 0 Å². The molecule has 0 saturated heterocycles. The molecule has 0 radical (unpaired) electrons. The average Bonchev–Trinajstić information content (AvgIpc) is 2.33. The summed E-state index contributed by atoms with van der Waals surface area (Å²) < 4.78 is 24.4. The maximum absolute atomic E-state index is 11.9. The van der Waals surface area contributed by atoms with Crippen LogP contribution >= 0.6 is 0 Å². The number of nitrogens with two attached hydrogens (primary N) is 1. The van der Waals surface area contributed by atoms with Crippen molar-refractivity contribution in [3.05, 3.63) is 18.0 Å². The number of rotatable bonds is 2. The zero-order valence-electron chi connectivity index (χ0n) is 6.04. The summed E-state index contributed by atoms with van der Waals surface area (Å²) in [6, 6.07) is -0.248. The van der Waals surface area contributed by atoms with Crippen LogP contribution in [-0.2, 0) is 0 Å². The molecule has 1 aromatic heterocycles. The molecule has 1 heterocycles.